The molecule has 0 aliphatic rings. The van der Waals surface area contributed by atoms with E-state index in [0.29, 0.717) is 24.3 Å². The van der Waals surface area contributed by atoms with Crippen LogP contribution in [0, 0.1) is 12.7 Å². The van der Waals surface area contributed by atoms with E-state index in [4.69, 9.17) is 5.73 Å². The Morgan fingerprint density at radius 3 is 2.37 bits per heavy atom. The number of anilines is 1. The number of rotatable bonds is 8. The first kappa shape index (κ1) is 22.9. The van der Waals surface area contributed by atoms with E-state index in [1.165, 1.54) is 43.3 Å². The first-order valence-electron chi connectivity index (χ1n) is 8.21. The second-order valence-electron chi connectivity index (χ2n) is 5.85. The average molecular weight is 416 g/mol. The van der Waals surface area contributed by atoms with Gasteiger partial charge in [-0.2, -0.15) is 0 Å². The number of hydrogen-bond donors (Lipinski definition) is 3. The van der Waals surface area contributed by atoms with Crippen LogP contribution in [0.4, 0.5) is 10.1 Å². The Morgan fingerprint density at radius 1 is 1.11 bits per heavy atom. The highest BCUT2D eigenvalue weighted by Gasteiger charge is 2.16. The Kier molecular flexibility index (Phi) is 8.68. The zero-order valence-electron chi connectivity index (χ0n) is 14.9. The molecule has 2 aromatic rings. The Bertz CT molecular complexity index is 874. The molecule has 0 unspecified atom stereocenters. The van der Waals surface area contributed by atoms with Crippen molar-refractivity contribution in [2.45, 2.75) is 24.7 Å². The van der Waals surface area contributed by atoms with Crippen molar-refractivity contribution in [3.05, 3.63) is 59.4 Å². The first-order chi connectivity index (χ1) is 12.3. The number of carbonyl (C=O) groups is 1. The van der Waals surface area contributed by atoms with E-state index in [0.717, 1.165) is 18.9 Å². The van der Waals surface area contributed by atoms with Crippen LogP contribution in [0.15, 0.2) is 47.4 Å². The summed E-state index contributed by atoms with van der Waals surface area (Å²) in [6.07, 6.45) is 1.64. The van der Waals surface area contributed by atoms with Gasteiger partial charge in [-0.1, -0.05) is 0 Å². The van der Waals surface area contributed by atoms with E-state index in [2.05, 4.69) is 10.0 Å². The van der Waals surface area contributed by atoms with Gasteiger partial charge in [0.05, 0.1) is 4.90 Å². The van der Waals surface area contributed by atoms with Crippen LogP contribution in [0.5, 0.6) is 0 Å². The summed E-state index contributed by atoms with van der Waals surface area (Å²) in [5.41, 5.74) is 6.38. The lowest BCUT2D eigenvalue weighted by atomic mass is 10.2. The van der Waals surface area contributed by atoms with E-state index >= 15 is 0 Å². The maximum atomic E-state index is 13.3. The lowest BCUT2D eigenvalue weighted by Crippen LogP contribution is -2.24. The third kappa shape index (κ3) is 6.50. The Morgan fingerprint density at radius 2 is 1.78 bits per heavy atom. The highest BCUT2D eigenvalue weighted by atomic mass is 35.5. The van der Waals surface area contributed by atoms with Crippen LogP contribution in [0.3, 0.4) is 0 Å². The van der Waals surface area contributed by atoms with Gasteiger partial charge in [0, 0.05) is 17.8 Å². The van der Waals surface area contributed by atoms with Gasteiger partial charge in [-0.3, -0.25) is 9.52 Å². The summed E-state index contributed by atoms with van der Waals surface area (Å²) in [7, 11) is -3.84. The molecule has 6 nitrogen and oxygen atoms in total. The second kappa shape index (κ2) is 10.2. The van der Waals surface area contributed by atoms with Gasteiger partial charge in [-0.25, -0.2) is 12.8 Å². The van der Waals surface area contributed by atoms with Gasteiger partial charge in [0.15, 0.2) is 0 Å². The minimum absolute atomic E-state index is 0. The van der Waals surface area contributed by atoms with Crippen molar-refractivity contribution in [1.82, 2.24) is 5.32 Å². The fourth-order valence-corrected chi connectivity index (χ4v) is 3.40. The summed E-state index contributed by atoms with van der Waals surface area (Å²) in [6, 6.07) is 9.65. The molecule has 0 radical (unpaired) electrons. The topological polar surface area (TPSA) is 101 Å². The molecule has 2 rings (SSSR count). The number of sulfonamides is 1. The Hall–Kier alpha value is -2.16. The predicted molar refractivity (Wildman–Crippen MR) is 106 cm³/mol. The minimum Gasteiger partial charge on any atom is -0.352 e. The third-order valence-corrected chi connectivity index (χ3v) is 5.13. The summed E-state index contributed by atoms with van der Waals surface area (Å²) in [4.78, 5) is 11.9. The van der Waals surface area contributed by atoms with Crippen molar-refractivity contribution >= 4 is 34.0 Å². The summed E-state index contributed by atoms with van der Waals surface area (Å²) in [6.45, 7) is 2.61. The lowest BCUT2D eigenvalue weighted by molar-refractivity contribution is 0.0953. The molecule has 0 aliphatic carbocycles. The van der Waals surface area contributed by atoms with Crippen LogP contribution in [0.25, 0.3) is 0 Å². The number of hydrogen-bond acceptors (Lipinski definition) is 4. The number of unbranched alkanes of at least 4 members (excludes halogenated alkanes) is 1. The minimum atomic E-state index is -3.84. The highest BCUT2D eigenvalue weighted by Crippen LogP contribution is 2.19. The molecule has 0 aromatic heterocycles. The summed E-state index contributed by atoms with van der Waals surface area (Å²) < 4.78 is 40.4. The number of carbonyl (C=O) groups excluding carboxylic acids is 1. The fourth-order valence-electron chi connectivity index (χ4n) is 2.26. The number of nitrogens with two attached hydrogens (primary N) is 1. The van der Waals surface area contributed by atoms with Gasteiger partial charge in [0.1, 0.15) is 5.82 Å². The smallest absolute Gasteiger partial charge is 0.261 e. The van der Waals surface area contributed by atoms with Crippen LogP contribution < -0.4 is 15.8 Å². The number of amides is 1. The van der Waals surface area contributed by atoms with Crippen molar-refractivity contribution in [2.24, 2.45) is 5.73 Å². The van der Waals surface area contributed by atoms with Crippen molar-refractivity contribution in [1.29, 1.82) is 0 Å². The standard InChI is InChI=1S/C18H22FN3O3S.ClH/c1-13-12-16(8-9-17(13)19)26(24,25)22-15-6-4-14(5-7-15)18(23)21-11-3-2-10-20;/h4-9,12,22H,2-3,10-11,20H2,1H3,(H,21,23);1H. The average Bonchev–Trinajstić information content (AvgIpc) is 2.61. The molecule has 0 aliphatic heterocycles. The van der Waals surface area contributed by atoms with Gasteiger partial charge < -0.3 is 11.1 Å². The van der Waals surface area contributed by atoms with E-state index in [1.807, 2.05) is 0 Å². The van der Waals surface area contributed by atoms with Crippen LogP contribution in [0.1, 0.15) is 28.8 Å². The summed E-state index contributed by atoms with van der Waals surface area (Å²) >= 11 is 0. The van der Waals surface area contributed by atoms with Crippen molar-refractivity contribution in [3.63, 3.8) is 0 Å². The van der Waals surface area contributed by atoms with E-state index in [9.17, 15) is 17.6 Å². The van der Waals surface area contributed by atoms with Crippen LogP contribution in [-0.4, -0.2) is 27.4 Å². The molecular weight excluding hydrogens is 393 g/mol. The zero-order valence-corrected chi connectivity index (χ0v) is 16.5. The predicted octanol–water partition coefficient (Wildman–Crippen LogP) is 2.83. The molecule has 1 amide bonds. The summed E-state index contributed by atoms with van der Waals surface area (Å²) in [5, 5.41) is 2.77. The molecular formula is C18H23ClFN3O3S. The normalized spacial score (nSPS) is 10.8. The quantitative estimate of drug-likeness (QED) is 0.577. The summed E-state index contributed by atoms with van der Waals surface area (Å²) in [5.74, 6) is -0.698. The van der Waals surface area contributed by atoms with Gasteiger partial charge in [-0.15, -0.1) is 12.4 Å². The van der Waals surface area contributed by atoms with E-state index < -0.39 is 15.8 Å². The van der Waals surface area contributed by atoms with E-state index in [-0.39, 0.29) is 28.8 Å². The second-order valence-corrected chi connectivity index (χ2v) is 7.53. The Balaban J connectivity index is 0.00000364. The maximum Gasteiger partial charge on any atom is 0.261 e. The zero-order chi connectivity index (χ0) is 19.2. The van der Waals surface area contributed by atoms with E-state index in [1.54, 1.807) is 0 Å². The molecule has 148 valence electrons. The van der Waals surface area contributed by atoms with Gasteiger partial charge in [0.25, 0.3) is 15.9 Å². The van der Waals surface area contributed by atoms with Crippen molar-refractivity contribution in [3.8, 4) is 0 Å². The number of aryl methyl sites for hydroxylation is 1. The molecule has 0 bridgehead atoms. The van der Waals surface area contributed by atoms with Crippen LogP contribution in [-0.2, 0) is 10.0 Å². The third-order valence-electron chi connectivity index (χ3n) is 3.76. The van der Waals surface area contributed by atoms with Crippen molar-refractivity contribution in [2.75, 3.05) is 17.8 Å². The Labute approximate surface area is 164 Å². The molecule has 0 heterocycles. The first-order valence-corrected chi connectivity index (χ1v) is 9.69. The molecule has 4 N–H and O–H groups in total. The number of nitrogens with one attached hydrogen (secondary N) is 2. The highest BCUT2D eigenvalue weighted by molar-refractivity contribution is 7.92. The van der Waals surface area contributed by atoms with Gasteiger partial charge >= 0.3 is 0 Å². The monoisotopic (exact) mass is 415 g/mol. The molecule has 0 spiro atoms. The molecule has 27 heavy (non-hydrogen) atoms. The fraction of sp³-hybridized carbons (Fsp3) is 0.278. The number of halogens is 2. The number of benzene rings is 2. The SMILES string of the molecule is Cc1cc(S(=O)(=O)Nc2ccc(C(=O)NCCCCN)cc2)ccc1F.Cl. The molecule has 0 fully saturated rings. The van der Waals surface area contributed by atoms with Gasteiger partial charge in [-0.05, 0) is 74.3 Å². The van der Waals surface area contributed by atoms with Crippen LogP contribution >= 0.6 is 12.4 Å². The largest absolute Gasteiger partial charge is 0.352 e. The maximum absolute atomic E-state index is 13.3. The molecule has 0 saturated heterocycles. The van der Waals surface area contributed by atoms with Crippen LogP contribution in [0.2, 0.25) is 0 Å². The van der Waals surface area contributed by atoms with Gasteiger partial charge in [0.2, 0.25) is 0 Å². The lowest BCUT2D eigenvalue weighted by Gasteiger charge is -2.10. The van der Waals surface area contributed by atoms with Crippen molar-refractivity contribution < 1.29 is 17.6 Å². The molecule has 0 atom stereocenters. The molecule has 2 aromatic carbocycles. The molecule has 0 saturated carbocycles. The molecule has 9 heteroatoms.